The molecular formula is C42H44MnN2O6S2. The van der Waals surface area contributed by atoms with Crippen LogP contribution in [0.15, 0.2) is 108 Å². The van der Waals surface area contributed by atoms with Crippen LogP contribution in [0.25, 0.3) is 21.1 Å². The molecular weight excluding hydrogens is 748 g/mol. The summed E-state index contributed by atoms with van der Waals surface area (Å²) < 4.78 is 15.7. The van der Waals surface area contributed by atoms with E-state index in [1.54, 1.807) is 60.8 Å². The Bertz CT molecular complexity index is 1950. The molecule has 2 atom stereocenters. The van der Waals surface area contributed by atoms with Gasteiger partial charge in [0.05, 0.1) is 46.2 Å². The molecule has 2 aromatic carbocycles. The van der Waals surface area contributed by atoms with E-state index in [0.717, 1.165) is 32.5 Å². The summed E-state index contributed by atoms with van der Waals surface area (Å²) in [5.41, 5.74) is 4.40. The summed E-state index contributed by atoms with van der Waals surface area (Å²) in [7, 11) is 0. The summed E-state index contributed by atoms with van der Waals surface area (Å²) in [5.74, 6) is -2.46. The van der Waals surface area contributed by atoms with Gasteiger partial charge in [0.1, 0.15) is 11.2 Å². The van der Waals surface area contributed by atoms with Gasteiger partial charge < -0.3 is 38.4 Å². The van der Waals surface area contributed by atoms with Crippen LogP contribution in [0.2, 0.25) is 0 Å². The fourth-order valence-corrected chi connectivity index (χ4v) is 8.26. The van der Waals surface area contributed by atoms with E-state index in [4.69, 9.17) is 9.47 Å². The van der Waals surface area contributed by atoms with Gasteiger partial charge in [-0.15, -0.1) is 22.7 Å². The van der Waals surface area contributed by atoms with Crippen molar-refractivity contribution in [2.75, 3.05) is 13.2 Å². The number of carboxylic acids is 2. The Labute approximate surface area is 330 Å². The Kier molecular flexibility index (Phi) is 14.3. The summed E-state index contributed by atoms with van der Waals surface area (Å²) >= 11 is 3.30. The van der Waals surface area contributed by atoms with E-state index < -0.39 is 23.1 Å². The van der Waals surface area contributed by atoms with Crippen LogP contribution in [0.5, 0.6) is 0 Å². The molecule has 4 aromatic heterocycles. The van der Waals surface area contributed by atoms with Crippen LogP contribution in [0.3, 0.4) is 0 Å². The second-order valence-electron chi connectivity index (χ2n) is 12.7. The quantitative estimate of drug-likeness (QED) is 0.110. The van der Waals surface area contributed by atoms with Crippen LogP contribution in [0.1, 0.15) is 47.5 Å². The Morgan fingerprint density at radius 1 is 0.604 bits per heavy atom. The molecule has 6 rings (SSSR count). The van der Waals surface area contributed by atoms with Gasteiger partial charge in [0, 0.05) is 24.6 Å². The molecule has 0 aliphatic heterocycles. The number of aliphatic carboxylic acids is 2. The number of aromatic nitrogens is 2. The normalized spacial score (nSPS) is 13.2. The fraction of sp³-hybridized carbons (Fsp3) is 0.286. The largest absolute Gasteiger partial charge is 2.00 e. The molecule has 0 N–H and O–H groups in total. The number of thiophene rings is 2. The molecule has 0 fully saturated rings. The molecule has 0 saturated heterocycles. The second-order valence-corrected chi connectivity index (χ2v) is 14.5. The number of carbonyl (C=O) groups is 2. The first-order chi connectivity index (χ1) is 25.0. The molecule has 8 nitrogen and oxygen atoms in total. The van der Waals surface area contributed by atoms with Crippen LogP contribution in [-0.4, -0.2) is 34.3 Å². The van der Waals surface area contributed by atoms with Crippen LogP contribution >= 0.6 is 22.7 Å². The zero-order chi connectivity index (χ0) is 37.5. The molecule has 0 bridgehead atoms. The summed E-state index contributed by atoms with van der Waals surface area (Å²) in [4.78, 5) is 26.7. The van der Waals surface area contributed by atoms with E-state index in [1.807, 2.05) is 83.6 Å². The minimum Gasteiger partial charge on any atom is -0.547 e. The van der Waals surface area contributed by atoms with Crippen molar-refractivity contribution in [2.45, 2.75) is 65.8 Å². The van der Waals surface area contributed by atoms with Gasteiger partial charge in [0.2, 0.25) is 0 Å². The van der Waals surface area contributed by atoms with Crippen LogP contribution in [-0.2, 0) is 60.4 Å². The van der Waals surface area contributed by atoms with E-state index in [0.29, 0.717) is 11.1 Å². The van der Waals surface area contributed by atoms with Crippen molar-refractivity contribution in [3.05, 3.63) is 141 Å². The molecule has 53 heavy (non-hydrogen) atoms. The van der Waals surface area contributed by atoms with E-state index in [2.05, 4.69) is 36.7 Å². The van der Waals surface area contributed by atoms with Crippen molar-refractivity contribution >= 4 is 34.6 Å². The predicted octanol–water partition coefficient (Wildman–Crippen LogP) is 7.03. The van der Waals surface area contributed by atoms with E-state index in [-0.39, 0.29) is 43.4 Å². The van der Waals surface area contributed by atoms with Gasteiger partial charge in [-0.3, -0.25) is 0 Å². The van der Waals surface area contributed by atoms with Crippen molar-refractivity contribution in [1.29, 1.82) is 0 Å². The van der Waals surface area contributed by atoms with Crippen molar-refractivity contribution in [3.63, 3.8) is 0 Å². The Morgan fingerprint density at radius 2 is 0.962 bits per heavy atom. The zero-order valence-corrected chi connectivity index (χ0v) is 33.6. The molecule has 0 saturated carbocycles. The average molecular weight is 792 g/mol. The molecule has 4 heterocycles. The number of rotatable bonds is 14. The van der Waals surface area contributed by atoms with Gasteiger partial charge in [0.15, 0.2) is 0 Å². The molecule has 2 unspecified atom stereocenters. The first-order valence-corrected chi connectivity index (χ1v) is 19.0. The first kappa shape index (κ1) is 41.5. The first-order valence-electron chi connectivity index (χ1n) is 17.2. The number of aryl methyl sites for hydroxylation is 4. The van der Waals surface area contributed by atoms with Crippen molar-refractivity contribution < 1.29 is 46.3 Å². The monoisotopic (exact) mass is 791 g/mol. The SMILES string of the molecule is CCOC(Cn1c(C)ccc1-c1cc(C)cs1)(C(=O)[O-])c1ccccc1.CCOC(Cn1c(C)ccc1-c1cc(C)cs1)(C(=O)[O-])c1ccccc1.[Mn+2]. The van der Waals surface area contributed by atoms with Gasteiger partial charge in [-0.05, 0) is 111 Å². The molecule has 6 aromatic rings. The van der Waals surface area contributed by atoms with E-state index >= 15 is 0 Å². The maximum Gasteiger partial charge on any atom is 2.00 e. The molecule has 0 aliphatic carbocycles. The molecule has 0 amide bonds. The van der Waals surface area contributed by atoms with E-state index in [1.165, 1.54) is 11.1 Å². The molecule has 0 aliphatic rings. The molecule has 0 spiro atoms. The minimum atomic E-state index is -1.54. The maximum absolute atomic E-state index is 12.3. The third kappa shape index (κ3) is 8.95. The number of hydrogen-bond acceptors (Lipinski definition) is 8. The van der Waals surface area contributed by atoms with Crippen molar-refractivity contribution in [2.24, 2.45) is 0 Å². The molecule has 1 radical (unpaired) electrons. The Hall–Kier alpha value is -4.22. The fourth-order valence-electron chi connectivity index (χ4n) is 6.40. The second kappa shape index (κ2) is 18.2. The summed E-state index contributed by atoms with van der Waals surface area (Å²) in [6.45, 7) is 12.5. The van der Waals surface area contributed by atoms with Crippen LogP contribution in [0, 0.1) is 27.7 Å². The van der Waals surface area contributed by atoms with Crippen molar-refractivity contribution in [1.82, 2.24) is 9.13 Å². The number of hydrogen-bond donors (Lipinski definition) is 0. The number of nitrogens with zero attached hydrogens (tertiary/aromatic N) is 2. The topological polar surface area (TPSA) is 109 Å². The Morgan fingerprint density at radius 3 is 1.25 bits per heavy atom. The van der Waals surface area contributed by atoms with Crippen LogP contribution in [0.4, 0.5) is 0 Å². The minimum absolute atomic E-state index is 0. The maximum atomic E-state index is 12.3. The van der Waals surface area contributed by atoms with Gasteiger partial charge in [-0.1, -0.05) is 60.7 Å². The molecule has 277 valence electrons. The summed E-state index contributed by atoms with van der Waals surface area (Å²) in [6, 6.07) is 30.4. The number of ether oxygens (including phenoxy) is 2. The van der Waals surface area contributed by atoms with Crippen LogP contribution < -0.4 is 10.2 Å². The number of carboxylic acid groups (broad SMARTS) is 2. The van der Waals surface area contributed by atoms with Crippen molar-refractivity contribution in [3.8, 4) is 21.1 Å². The zero-order valence-electron chi connectivity index (χ0n) is 30.8. The summed E-state index contributed by atoms with van der Waals surface area (Å²) in [5, 5.41) is 28.7. The Balaban J connectivity index is 0.000000232. The van der Waals surface area contributed by atoms with Gasteiger partial charge in [-0.2, -0.15) is 0 Å². The smallest absolute Gasteiger partial charge is 0.547 e. The standard InChI is InChI=1S/2C21H23NO3S.Mn/c2*1-4-25-21(20(23)24,17-8-6-5-7-9-17)14-22-16(3)10-11-18(22)19-12-15(2)13-26-19;/h2*5-13H,4,14H2,1-3H3,(H,23,24);/q;;+2/p-2. The number of carbonyl (C=O) groups excluding carboxylic acids is 2. The summed E-state index contributed by atoms with van der Waals surface area (Å²) in [6.07, 6.45) is 0. The molecule has 11 heteroatoms. The van der Waals surface area contributed by atoms with Gasteiger partial charge in [-0.25, -0.2) is 0 Å². The number of benzene rings is 2. The van der Waals surface area contributed by atoms with Gasteiger partial charge in [0.25, 0.3) is 0 Å². The van der Waals surface area contributed by atoms with E-state index in [9.17, 15) is 19.8 Å². The predicted molar refractivity (Wildman–Crippen MR) is 204 cm³/mol. The third-order valence-corrected chi connectivity index (χ3v) is 11.2. The average Bonchev–Trinajstić information content (AvgIpc) is 3.93. The third-order valence-electron chi connectivity index (χ3n) is 9.05. The van der Waals surface area contributed by atoms with Gasteiger partial charge >= 0.3 is 17.1 Å².